The molecule has 4 N–H and O–H groups in total. The molecule has 0 saturated carbocycles. The van der Waals surface area contributed by atoms with E-state index in [-0.39, 0.29) is 62.4 Å². The second-order valence-electron chi connectivity index (χ2n) is 8.06. The summed E-state index contributed by atoms with van der Waals surface area (Å²) in [6.45, 7) is 0. The van der Waals surface area contributed by atoms with E-state index in [2.05, 4.69) is 0 Å². The smallest absolute Gasteiger partial charge is 0.517 e. The number of para-hydroxylation sites is 2. The molecule has 6 rings (SSSR count). The van der Waals surface area contributed by atoms with Crippen LogP contribution in [0.4, 0.5) is 0 Å². The first-order valence-electron chi connectivity index (χ1n) is 12.1. The number of hydrogen-bond acceptors (Lipinski definition) is 4. The molecule has 0 spiro atoms. The second-order valence-corrected chi connectivity index (χ2v) is 8.06. The van der Waals surface area contributed by atoms with E-state index in [4.69, 9.17) is 10.8 Å². The fourth-order valence-corrected chi connectivity index (χ4v) is 3.40. The number of phenolic OH excluding ortho intramolecular Hbond substituents is 2. The van der Waals surface area contributed by atoms with E-state index in [0.717, 1.165) is 11.1 Å². The van der Waals surface area contributed by atoms with Crippen molar-refractivity contribution in [1.29, 1.82) is 10.8 Å². The monoisotopic (exact) mass is 669 g/mol. The van der Waals surface area contributed by atoms with E-state index in [1.807, 2.05) is 121 Å². The Balaban J connectivity index is 0.000000556. The Morgan fingerprint density at radius 3 is 1.02 bits per heavy atom. The van der Waals surface area contributed by atoms with E-state index < -0.39 is 0 Å². The van der Waals surface area contributed by atoms with Crippen LogP contribution in [0, 0.1) is 10.8 Å². The summed E-state index contributed by atoms with van der Waals surface area (Å²) in [5.74, 6) is 0.303. The van der Waals surface area contributed by atoms with Crippen molar-refractivity contribution in [3.63, 3.8) is 0 Å². The average molecular weight is 669 g/mol. The van der Waals surface area contributed by atoms with Crippen molar-refractivity contribution in [2.75, 3.05) is 0 Å². The fraction of sp³-hybridized carbons (Fsp3) is 0. The van der Waals surface area contributed by atoms with Gasteiger partial charge in [-0.25, -0.2) is 24.3 Å². The molecule has 1 radical (unpaired) electrons. The topological polar surface area (TPSA) is 88.2 Å². The maximum atomic E-state index is 9.54. The van der Waals surface area contributed by atoms with E-state index in [0.29, 0.717) is 22.6 Å². The third-order valence-corrected chi connectivity index (χ3v) is 5.36. The van der Waals surface area contributed by atoms with Gasteiger partial charge in [0, 0.05) is 16.8 Å². The minimum atomic E-state index is 0. The number of benzene rings is 2. The van der Waals surface area contributed by atoms with Crippen LogP contribution in [0.3, 0.4) is 0 Å². The van der Waals surface area contributed by atoms with Gasteiger partial charge in [0.1, 0.15) is 0 Å². The van der Waals surface area contributed by atoms with Crippen LogP contribution in [-0.2, 0) is 50.9 Å². The van der Waals surface area contributed by atoms with Crippen LogP contribution in [0.5, 0.6) is 11.5 Å². The molecule has 0 heterocycles. The molecule has 0 aliphatic rings. The van der Waals surface area contributed by atoms with E-state index in [1.165, 1.54) is 0 Å². The maximum Gasteiger partial charge on any atom is 2.00 e. The molecule has 0 unspecified atom stereocenters. The quantitative estimate of drug-likeness (QED) is 0.0876. The van der Waals surface area contributed by atoms with Crippen LogP contribution in [-0.4, -0.2) is 21.6 Å². The summed E-state index contributed by atoms with van der Waals surface area (Å²) in [4.78, 5) is 0. The predicted octanol–water partition coefficient (Wildman–Crippen LogP) is 7.86. The molecule has 7 heteroatoms. The molecule has 0 saturated heterocycles. The summed E-state index contributed by atoms with van der Waals surface area (Å²) in [5.41, 5.74) is 3.50. The van der Waals surface area contributed by atoms with Crippen molar-refractivity contribution in [2.24, 2.45) is 0 Å². The Labute approximate surface area is 273 Å². The minimum absolute atomic E-state index is 0. The molecular weight excluding hydrogens is 639 g/mol. The molecule has 4 nitrogen and oxygen atoms in total. The number of phenols is 2. The van der Waals surface area contributed by atoms with E-state index in [9.17, 15) is 10.2 Å². The molecule has 0 aromatic heterocycles. The van der Waals surface area contributed by atoms with Crippen molar-refractivity contribution in [3.8, 4) is 11.5 Å². The van der Waals surface area contributed by atoms with Gasteiger partial charge in [-0.15, -0.1) is 24.3 Å². The zero-order valence-electron chi connectivity index (χ0n) is 21.9. The minimum Gasteiger partial charge on any atom is -0.517 e. The maximum absolute atomic E-state index is 9.54. The van der Waals surface area contributed by atoms with Gasteiger partial charge in [-0.1, -0.05) is 47.5 Å². The van der Waals surface area contributed by atoms with Crippen LogP contribution in [0.15, 0.2) is 158 Å². The molecule has 41 heavy (non-hydrogen) atoms. The summed E-state index contributed by atoms with van der Waals surface area (Å²) in [7, 11) is 0. The van der Waals surface area contributed by atoms with Gasteiger partial charge in [-0.3, -0.25) is 0 Å². The van der Waals surface area contributed by atoms with E-state index in [1.54, 1.807) is 36.4 Å². The van der Waals surface area contributed by atoms with Crippen LogP contribution in [0.2, 0.25) is 0 Å². The van der Waals surface area contributed by atoms with Crippen molar-refractivity contribution in [3.05, 3.63) is 180 Å². The Bertz CT molecular complexity index is 1310. The molecule has 0 fully saturated rings. The SMILES string of the molecule is N=C(c1ccccc1O)[c-]1cccc1.N=C(c1ccccc1O)[c-]1cccc1.[Co].[Fe+2].[Fe+2].c1cc[cH-]c1.c1cc[cH-]c1. The predicted molar refractivity (Wildman–Crippen MR) is 156 cm³/mol. The van der Waals surface area contributed by atoms with Crippen molar-refractivity contribution in [2.45, 2.75) is 0 Å². The third kappa shape index (κ3) is 12.6. The summed E-state index contributed by atoms with van der Waals surface area (Å²) in [5, 5.41) is 34.8. The molecule has 213 valence electrons. The standard InChI is InChI=1S/2C12H10NO.2C5H5.Co.2Fe/c2*13-12(9-5-1-2-6-9)10-7-3-4-8-11(10)14;2*1-2-4-5-3-1;;;/h2*1-8,13-14H;2*1-5H;;;/q4*-1;;2*+2. The van der Waals surface area contributed by atoms with Gasteiger partial charge in [0.15, 0.2) is 0 Å². The molecule has 0 atom stereocenters. The molecular formula is C34H30CoFe2N2O2. The van der Waals surface area contributed by atoms with Crippen LogP contribution < -0.4 is 0 Å². The largest absolute Gasteiger partial charge is 2.00 e. The Morgan fingerprint density at radius 1 is 0.488 bits per heavy atom. The zero-order chi connectivity index (χ0) is 27.0. The summed E-state index contributed by atoms with van der Waals surface area (Å²) in [6, 6.07) is 48.7. The van der Waals surface area contributed by atoms with Crippen molar-refractivity contribution >= 4 is 11.4 Å². The van der Waals surface area contributed by atoms with Gasteiger partial charge >= 0.3 is 34.1 Å². The molecule has 6 aromatic carbocycles. The average Bonchev–Trinajstić information content (AvgIpc) is 3.78. The number of nitrogens with one attached hydrogen (secondary N) is 2. The van der Waals surface area contributed by atoms with Crippen LogP contribution in [0.1, 0.15) is 22.3 Å². The third-order valence-electron chi connectivity index (χ3n) is 5.36. The van der Waals surface area contributed by atoms with Crippen molar-refractivity contribution in [1.82, 2.24) is 0 Å². The van der Waals surface area contributed by atoms with Gasteiger partial charge < -0.3 is 21.0 Å². The summed E-state index contributed by atoms with van der Waals surface area (Å²) in [6.07, 6.45) is 0. The van der Waals surface area contributed by atoms with Crippen molar-refractivity contribution < 1.29 is 61.1 Å². The number of aromatic hydroxyl groups is 2. The van der Waals surface area contributed by atoms with Gasteiger partial charge in [0.2, 0.25) is 0 Å². The van der Waals surface area contributed by atoms with Gasteiger partial charge in [-0.2, -0.15) is 60.7 Å². The van der Waals surface area contributed by atoms with Gasteiger partial charge in [0.05, 0.1) is 11.5 Å². The normalized spacial score (nSPS) is 8.78. The summed E-state index contributed by atoms with van der Waals surface area (Å²) < 4.78 is 0. The fourth-order valence-electron chi connectivity index (χ4n) is 3.40. The van der Waals surface area contributed by atoms with Gasteiger partial charge in [-0.05, 0) is 34.7 Å². The Kier molecular flexibility index (Phi) is 19.2. The first kappa shape index (κ1) is 37.3. The first-order valence-corrected chi connectivity index (χ1v) is 12.1. The molecule has 0 aliphatic heterocycles. The molecule has 0 aliphatic carbocycles. The summed E-state index contributed by atoms with van der Waals surface area (Å²) >= 11 is 0. The van der Waals surface area contributed by atoms with Gasteiger partial charge in [0.25, 0.3) is 0 Å². The first-order chi connectivity index (χ1) is 18.6. The molecule has 6 aromatic rings. The Hall–Kier alpha value is -3.67. The Morgan fingerprint density at radius 2 is 0.780 bits per heavy atom. The van der Waals surface area contributed by atoms with E-state index >= 15 is 0 Å². The van der Waals surface area contributed by atoms with Crippen LogP contribution in [0.25, 0.3) is 0 Å². The number of hydrogen-bond donors (Lipinski definition) is 4. The molecule has 0 amide bonds. The van der Waals surface area contributed by atoms with Crippen LogP contribution >= 0.6 is 0 Å². The second kappa shape index (κ2) is 21.1. The number of rotatable bonds is 4. The molecule has 0 bridgehead atoms. The zero-order valence-corrected chi connectivity index (χ0v) is 25.2.